The molecular formula is C15H16FN. The summed E-state index contributed by atoms with van der Waals surface area (Å²) in [6.45, 7) is 4.01. The molecule has 88 valence electrons. The first kappa shape index (κ1) is 11.8. The van der Waals surface area contributed by atoms with Gasteiger partial charge in [-0.2, -0.15) is 0 Å². The highest BCUT2D eigenvalue weighted by molar-refractivity contribution is 5.60. The van der Waals surface area contributed by atoms with E-state index in [1.165, 1.54) is 11.6 Å². The highest BCUT2D eigenvalue weighted by atomic mass is 19.1. The molecule has 0 unspecified atom stereocenters. The minimum absolute atomic E-state index is 0.208. The summed E-state index contributed by atoms with van der Waals surface area (Å²) in [6.07, 6.45) is 3.95. The zero-order valence-corrected chi connectivity index (χ0v) is 10.2. The number of nitrogens with zero attached hydrogens (tertiary/aromatic N) is 1. The number of benzene rings is 1. The number of aromatic nitrogens is 1. The van der Waals surface area contributed by atoms with Crippen LogP contribution < -0.4 is 0 Å². The Balaban J connectivity index is 2.33. The lowest BCUT2D eigenvalue weighted by Crippen LogP contribution is -1.91. The predicted octanol–water partition coefficient (Wildman–Crippen LogP) is 4.15. The Bertz CT molecular complexity index is 503. The summed E-state index contributed by atoms with van der Waals surface area (Å²) in [5.41, 5.74) is 3.39. The van der Waals surface area contributed by atoms with Gasteiger partial charge < -0.3 is 0 Å². The number of hydrogen-bond acceptors (Lipinski definition) is 1. The second kappa shape index (κ2) is 5.09. The van der Waals surface area contributed by atoms with E-state index in [0.717, 1.165) is 18.4 Å². The number of pyridine rings is 1. The van der Waals surface area contributed by atoms with E-state index < -0.39 is 0 Å². The van der Waals surface area contributed by atoms with Crippen molar-refractivity contribution in [1.82, 2.24) is 4.98 Å². The van der Waals surface area contributed by atoms with Crippen molar-refractivity contribution in [2.24, 2.45) is 0 Å². The third-order valence-corrected chi connectivity index (χ3v) is 2.76. The van der Waals surface area contributed by atoms with Crippen LogP contribution in [0.3, 0.4) is 0 Å². The molecule has 0 aliphatic rings. The van der Waals surface area contributed by atoms with Gasteiger partial charge in [0.2, 0.25) is 0 Å². The standard InChI is InChI=1S/C15H16FN/c1-3-4-12-6-8-15(17-10-12)13-7-5-11(2)9-14(13)16/h5-10H,3-4H2,1-2H3. The second-order valence-electron chi connectivity index (χ2n) is 4.28. The Hall–Kier alpha value is -1.70. The van der Waals surface area contributed by atoms with Crippen molar-refractivity contribution < 1.29 is 4.39 Å². The lowest BCUT2D eigenvalue weighted by molar-refractivity contribution is 0.629. The van der Waals surface area contributed by atoms with Crippen LogP contribution in [0.1, 0.15) is 24.5 Å². The van der Waals surface area contributed by atoms with Crippen molar-refractivity contribution in [3.05, 3.63) is 53.5 Å². The molecular weight excluding hydrogens is 213 g/mol. The van der Waals surface area contributed by atoms with E-state index in [4.69, 9.17) is 0 Å². The molecule has 0 amide bonds. The Morgan fingerprint density at radius 3 is 2.59 bits per heavy atom. The SMILES string of the molecule is CCCc1ccc(-c2ccc(C)cc2F)nc1. The summed E-state index contributed by atoms with van der Waals surface area (Å²) in [4.78, 5) is 4.32. The maximum Gasteiger partial charge on any atom is 0.132 e. The van der Waals surface area contributed by atoms with Gasteiger partial charge in [-0.15, -0.1) is 0 Å². The second-order valence-corrected chi connectivity index (χ2v) is 4.28. The van der Waals surface area contributed by atoms with Crippen molar-refractivity contribution in [2.75, 3.05) is 0 Å². The first-order chi connectivity index (χ1) is 8.20. The molecule has 1 aromatic heterocycles. The largest absolute Gasteiger partial charge is 0.256 e. The maximum atomic E-state index is 13.7. The summed E-state index contributed by atoms with van der Waals surface area (Å²) in [5, 5.41) is 0. The van der Waals surface area contributed by atoms with E-state index in [1.807, 2.05) is 31.3 Å². The van der Waals surface area contributed by atoms with Crippen molar-refractivity contribution in [3.8, 4) is 11.3 Å². The van der Waals surface area contributed by atoms with Crippen LogP contribution in [-0.4, -0.2) is 4.98 Å². The lowest BCUT2D eigenvalue weighted by Gasteiger charge is -2.05. The van der Waals surface area contributed by atoms with E-state index in [2.05, 4.69) is 11.9 Å². The molecule has 0 fully saturated rings. The van der Waals surface area contributed by atoms with Crippen molar-refractivity contribution in [2.45, 2.75) is 26.7 Å². The molecule has 2 rings (SSSR count). The topological polar surface area (TPSA) is 12.9 Å². The van der Waals surface area contributed by atoms with E-state index in [1.54, 1.807) is 6.07 Å². The molecule has 0 aliphatic heterocycles. The highest BCUT2D eigenvalue weighted by Crippen LogP contribution is 2.21. The van der Waals surface area contributed by atoms with Gasteiger partial charge in [0.1, 0.15) is 5.82 Å². The molecule has 0 bridgehead atoms. The Morgan fingerprint density at radius 1 is 1.18 bits per heavy atom. The number of aryl methyl sites for hydroxylation is 2. The van der Waals surface area contributed by atoms with E-state index in [0.29, 0.717) is 11.3 Å². The lowest BCUT2D eigenvalue weighted by atomic mass is 10.1. The maximum absolute atomic E-state index is 13.7. The van der Waals surface area contributed by atoms with Gasteiger partial charge in [0.25, 0.3) is 0 Å². The fourth-order valence-corrected chi connectivity index (χ4v) is 1.85. The fourth-order valence-electron chi connectivity index (χ4n) is 1.85. The van der Waals surface area contributed by atoms with Crippen LogP contribution in [0.4, 0.5) is 4.39 Å². The smallest absolute Gasteiger partial charge is 0.132 e. The molecule has 1 aromatic carbocycles. The number of rotatable bonds is 3. The average molecular weight is 229 g/mol. The average Bonchev–Trinajstić information content (AvgIpc) is 2.31. The molecule has 0 spiro atoms. The van der Waals surface area contributed by atoms with Crippen LogP contribution in [0.5, 0.6) is 0 Å². The van der Waals surface area contributed by atoms with Crippen LogP contribution >= 0.6 is 0 Å². The Morgan fingerprint density at radius 2 is 2.00 bits per heavy atom. The van der Waals surface area contributed by atoms with Crippen molar-refractivity contribution in [1.29, 1.82) is 0 Å². The van der Waals surface area contributed by atoms with Crippen LogP contribution in [0.15, 0.2) is 36.5 Å². The van der Waals surface area contributed by atoms with Crippen LogP contribution in [0.25, 0.3) is 11.3 Å². The van der Waals surface area contributed by atoms with Crippen LogP contribution in [0, 0.1) is 12.7 Å². The number of halogens is 1. The Labute approximate surface area is 101 Å². The molecule has 0 atom stereocenters. The molecule has 1 nitrogen and oxygen atoms in total. The highest BCUT2D eigenvalue weighted by Gasteiger charge is 2.06. The van der Waals surface area contributed by atoms with Crippen LogP contribution in [0.2, 0.25) is 0 Å². The molecule has 0 radical (unpaired) electrons. The van der Waals surface area contributed by atoms with E-state index in [-0.39, 0.29) is 5.82 Å². The normalized spacial score (nSPS) is 10.5. The van der Waals surface area contributed by atoms with E-state index in [9.17, 15) is 4.39 Å². The minimum atomic E-state index is -0.208. The molecule has 0 saturated heterocycles. The van der Waals surface area contributed by atoms with Gasteiger partial charge in [0.05, 0.1) is 5.69 Å². The predicted molar refractivity (Wildman–Crippen MR) is 68.4 cm³/mol. The summed E-state index contributed by atoms with van der Waals surface area (Å²) >= 11 is 0. The summed E-state index contributed by atoms with van der Waals surface area (Å²) < 4.78 is 13.7. The molecule has 0 saturated carbocycles. The summed E-state index contributed by atoms with van der Waals surface area (Å²) in [7, 11) is 0. The third-order valence-electron chi connectivity index (χ3n) is 2.76. The molecule has 0 aliphatic carbocycles. The van der Waals surface area contributed by atoms with Gasteiger partial charge in [-0.05, 0) is 42.7 Å². The first-order valence-electron chi connectivity index (χ1n) is 5.92. The van der Waals surface area contributed by atoms with E-state index >= 15 is 0 Å². The Kier molecular flexibility index (Phi) is 3.52. The first-order valence-corrected chi connectivity index (χ1v) is 5.92. The summed E-state index contributed by atoms with van der Waals surface area (Å²) in [5.74, 6) is -0.208. The minimum Gasteiger partial charge on any atom is -0.256 e. The van der Waals surface area contributed by atoms with Crippen molar-refractivity contribution >= 4 is 0 Å². The third kappa shape index (κ3) is 2.70. The summed E-state index contributed by atoms with van der Waals surface area (Å²) in [6, 6.07) is 9.13. The number of hydrogen-bond donors (Lipinski definition) is 0. The van der Waals surface area contributed by atoms with Gasteiger partial charge in [0.15, 0.2) is 0 Å². The van der Waals surface area contributed by atoms with Gasteiger partial charge in [-0.1, -0.05) is 25.5 Å². The molecule has 2 heteroatoms. The fraction of sp³-hybridized carbons (Fsp3) is 0.267. The molecule has 2 aromatic rings. The molecule has 17 heavy (non-hydrogen) atoms. The van der Waals surface area contributed by atoms with Gasteiger partial charge in [-0.25, -0.2) is 4.39 Å². The van der Waals surface area contributed by atoms with Gasteiger partial charge >= 0.3 is 0 Å². The molecule has 0 N–H and O–H groups in total. The zero-order chi connectivity index (χ0) is 12.3. The zero-order valence-electron chi connectivity index (χ0n) is 10.2. The molecule has 1 heterocycles. The van der Waals surface area contributed by atoms with Gasteiger partial charge in [-0.3, -0.25) is 4.98 Å². The van der Waals surface area contributed by atoms with Gasteiger partial charge in [0, 0.05) is 11.8 Å². The van der Waals surface area contributed by atoms with Crippen molar-refractivity contribution in [3.63, 3.8) is 0 Å². The monoisotopic (exact) mass is 229 g/mol. The van der Waals surface area contributed by atoms with Crippen LogP contribution in [-0.2, 0) is 6.42 Å². The quantitative estimate of drug-likeness (QED) is 0.770.